The minimum absolute atomic E-state index is 0.211. The molecule has 0 atom stereocenters. The summed E-state index contributed by atoms with van der Waals surface area (Å²) >= 11 is 0. The predicted octanol–water partition coefficient (Wildman–Crippen LogP) is 5.14. The predicted molar refractivity (Wildman–Crippen MR) is 106 cm³/mol. The summed E-state index contributed by atoms with van der Waals surface area (Å²) in [5.74, 6) is -8.49. The maximum Gasteiger partial charge on any atom is 0.214 e. The lowest BCUT2D eigenvalue weighted by Crippen LogP contribution is -2.15. The zero-order valence-electron chi connectivity index (χ0n) is 16.0. The number of hydrogen-bond donors (Lipinski definition) is 0. The van der Waals surface area contributed by atoms with Crippen molar-refractivity contribution in [2.75, 3.05) is 0 Å². The zero-order valence-corrected chi connectivity index (χ0v) is 16.0. The molecule has 0 fully saturated rings. The lowest BCUT2D eigenvalue weighted by atomic mass is 9.95. The number of aromatic nitrogens is 2. The van der Waals surface area contributed by atoms with E-state index in [0.717, 1.165) is 12.1 Å². The molecule has 3 heterocycles. The number of benzene rings is 2. The van der Waals surface area contributed by atoms with Crippen LogP contribution in [0.1, 0.15) is 32.0 Å². The molecule has 0 aliphatic carbocycles. The van der Waals surface area contributed by atoms with E-state index in [9.17, 15) is 27.2 Å². The molecule has 5 rings (SSSR count). The van der Waals surface area contributed by atoms with E-state index in [1.807, 2.05) is 0 Å². The number of carbonyl (C=O) groups excluding carboxylic acids is 2. The van der Waals surface area contributed by atoms with Crippen molar-refractivity contribution in [3.8, 4) is 22.6 Å². The number of rotatable bonds is 0. The van der Waals surface area contributed by atoms with E-state index in [1.54, 1.807) is 24.3 Å². The quantitative estimate of drug-likeness (QED) is 0.250. The summed E-state index contributed by atoms with van der Waals surface area (Å²) in [6.07, 6.45) is 0. The van der Waals surface area contributed by atoms with Crippen LogP contribution in [0, 0.1) is 23.3 Å². The van der Waals surface area contributed by atoms with Crippen LogP contribution in [-0.4, -0.2) is 21.5 Å². The smallest absolute Gasteiger partial charge is 0.214 e. The Morgan fingerprint density at radius 1 is 0.531 bits per heavy atom. The molecule has 1 aliphatic heterocycles. The van der Waals surface area contributed by atoms with E-state index in [0.29, 0.717) is 11.8 Å². The Kier molecular flexibility index (Phi) is 4.44. The molecule has 0 radical (unpaired) electrons. The van der Waals surface area contributed by atoms with Crippen molar-refractivity contribution in [2.45, 2.75) is 0 Å². The first-order valence-electron chi connectivity index (χ1n) is 9.36. The monoisotopic (exact) mass is 434 g/mol. The van der Waals surface area contributed by atoms with Gasteiger partial charge >= 0.3 is 0 Å². The van der Waals surface area contributed by atoms with Gasteiger partial charge in [0.05, 0.1) is 28.2 Å². The molecule has 156 valence electrons. The highest BCUT2D eigenvalue weighted by Gasteiger charge is 2.28. The molecule has 2 aromatic carbocycles. The third kappa shape index (κ3) is 3.08. The molecule has 8 bridgehead atoms. The number of nitrogens with zero attached hydrogens (tertiary/aromatic N) is 2. The number of halogens is 4. The summed E-state index contributed by atoms with van der Waals surface area (Å²) in [6.45, 7) is 0. The SMILES string of the molecule is O=C1c2cc(F)cc(c2)-c2cccc(n2)-c2cccc(n2)C(=O)c2cc1c(F)c(F)c2F. The van der Waals surface area contributed by atoms with Crippen LogP contribution in [0.15, 0.2) is 60.7 Å². The first kappa shape index (κ1) is 19.7. The molecule has 8 heteroatoms. The second-order valence-corrected chi connectivity index (χ2v) is 7.12. The molecule has 32 heavy (non-hydrogen) atoms. The molecule has 0 amide bonds. The number of hydrogen-bond acceptors (Lipinski definition) is 4. The summed E-state index contributed by atoms with van der Waals surface area (Å²) in [6, 6.07) is 13.0. The standard InChI is InChI=1S/C24H10F4N2O2/c25-13-8-11-7-12(9-13)23(31)14-10-15(21(27)22(28)20(14)26)24(32)19-6-2-5-18(30-19)17-4-1-3-16(11)29-17/h1-10H. The van der Waals surface area contributed by atoms with Crippen LogP contribution >= 0.6 is 0 Å². The van der Waals surface area contributed by atoms with Gasteiger partial charge in [-0.05, 0) is 48.5 Å². The second kappa shape index (κ2) is 7.19. The largest absolute Gasteiger partial charge is 0.288 e. The summed E-state index contributed by atoms with van der Waals surface area (Å²) in [4.78, 5) is 34.4. The van der Waals surface area contributed by atoms with Crippen molar-refractivity contribution < 1.29 is 27.2 Å². The van der Waals surface area contributed by atoms with E-state index < -0.39 is 46.0 Å². The Labute approximate surface area is 178 Å². The van der Waals surface area contributed by atoms with Crippen molar-refractivity contribution >= 4 is 11.6 Å². The maximum atomic E-state index is 14.5. The summed E-state index contributed by atoms with van der Waals surface area (Å²) < 4.78 is 57.7. The maximum absolute atomic E-state index is 14.5. The fraction of sp³-hybridized carbons (Fsp3) is 0. The van der Waals surface area contributed by atoms with Crippen molar-refractivity contribution in [2.24, 2.45) is 0 Å². The van der Waals surface area contributed by atoms with Crippen LogP contribution in [0.3, 0.4) is 0 Å². The average molecular weight is 434 g/mol. The lowest BCUT2D eigenvalue weighted by Gasteiger charge is -2.12. The third-order valence-corrected chi connectivity index (χ3v) is 5.09. The zero-order chi connectivity index (χ0) is 22.6. The number of ketones is 2. The van der Waals surface area contributed by atoms with Gasteiger partial charge in [0.2, 0.25) is 5.78 Å². The van der Waals surface area contributed by atoms with Crippen LogP contribution < -0.4 is 0 Å². The Morgan fingerprint density at radius 3 is 1.75 bits per heavy atom. The van der Waals surface area contributed by atoms with E-state index in [-0.39, 0.29) is 28.2 Å². The number of carbonyl (C=O) groups is 2. The van der Waals surface area contributed by atoms with Crippen molar-refractivity contribution in [3.05, 3.63) is 106 Å². The first-order chi connectivity index (χ1) is 15.3. The van der Waals surface area contributed by atoms with Crippen LogP contribution in [0.4, 0.5) is 17.6 Å². The van der Waals surface area contributed by atoms with Crippen LogP contribution in [0.5, 0.6) is 0 Å². The molecule has 2 aromatic heterocycles. The number of fused-ring (bicyclic) bond motifs is 10. The fourth-order valence-corrected chi connectivity index (χ4v) is 3.54. The molecule has 1 aliphatic rings. The third-order valence-electron chi connectivity index (χ3n) is 5.09. The first-order valence-corrected chi connectivity index (χ1v) is 9.36. The van der Waals surface area contributed by atoms with Crippen molar-refractivity contribution in [3.63, 3.8) is 0 Å². The molecule has 0 saturated heterocycles. The Hall–Kier alpha value is -4.20. The normalized spacial score (nSPS) is 12.5. The van der Waals surface area contributed by atoms with E-state index >= 15 is 0 Å². The van der Waals surface area contributed by atoms with Gasteiger partial charge in [-0.2, -0.15) is 0 Å². The van der Waals surface area contributed by atoms with Gasteiger partial charge < -0.3 is 0 Å². The molecule has 4 aromatic rings. The second-order valence-electron chi connectivity index (χ2n) is 7.12. The summed E-state index contributed by atoms with van der Waals surface area (Å²) in [5, 5.41) is 0. The number of pyridine rings is 2. The van der Waals surface area contributed by atoms with E-state index in [1.165, 1.54) is 18.2 Å². The van der Waals surface area contributed by atoms with Crippen LogP contribution in [0.25, 0.3) is 22.6 Å². The fourth-order valence-electron chi connectivity index (χ4n) is 3.54. The Morgan fingerprint density at radius 2 is 1.06 bits per heavy atom. The van der Waals surface area contributed by atoms with Gasteiger partial charge in [-0.25, -0.2) is 27.5 Å². The summed E-state index contributed by atoms with van der Waals surface area (Å²) in [5.41, 5.74) is -1.25. The van der Waals surface area contributed by atoms with Crippen molar-refractivity contribution in [1.82, 2.24) is 9.97 Å². The van der Waals surface area contributed by atoms with Gasteiger partial charge in [0.25, 0.3) is 0 Å². The molecular formula is C24H10F4N2O2. The molecule has 4 nitrogen and oxygen atoms in total. The van der Waals surface area contributed by atoms with Gasteiger partial charge in [-0.3, -0.25) is 9.59 Å². The van der Waals surface area contributed by atoms with Gasteiger partial charge in [-0.1, -0.05) is 12.1 Å². The molecule has 0 spiro atoms. The van der Waals surface area contributed by atoms with Gasteiger partial charge in [-0.15, -0.1) is 0 Å². The minimum atomic E-state index is -1.98. The van der Waals surface area contributed by atoms with Crippen molar-refractivity contribution in [1.29, 1.82) is 0 Å². The molecule has 0 unspecified atom stereocenters. The van der Waals surface area contributed by atoms with Gasteiger partial charge in [0, 0.05) is 11.1 Å². The highest BCUT2D eigenvalue weighted by atomic mass is 19.2. The topological polar surface area (TPSA) is 59.9 Å². The van der Waals surface area contributed by atoms with Crippen LogP contribution in [-0.2, 0) is 0 Å². The molecule has 0 saturated carbocycles. The van der Waals surface area contributed by atoms with Gasteiger partial charge in [0.1, 0.15) is 11.5 Å². The van der Waals surface area contributed by atoms with Gasteiger partial charge in [0.15, 0.2) is 23.2 Å². The van der Waals surface area contributed by atoms with E-state index in [2.05, 4.69) is 9.97 Å². The van der Waals surface area contributed by atoms with E-state index in [4.69, 9.17) is 0 Å². The highest BCUT2D eigenvalue weighted by molar-refractivity contribution is 6.13. The minimum Gasteiger partial charge on any atom is -0.288 e. The highest BCUT2D eigenvalue weighted by Crippen LogP contribution is 2.28. The lowest BCUT2D eigenvalue weighted by molar-refractivity contribution is 0.102. The molecule has 0 N–H and O–H groups in total. The average Bonchev–Trinajstić information content (AvgIpc) is 2.81. The Balaban J connectivity index is 1.89. The summed E-state index contributed by atoms with van der Waals surface area (Å²) in [7, 11) is 0. The van der Waals surface area contributed by atoms with Crippen LogP contribution in [0.2, 0.25) is 0 Å². The molecular weight excluding hydrogens is 424 g/mol. The Bertz CT molecular complexity index is 1470.